The molecule has 152 valence electrons. The number of carbonyl (C=O) groups is 2. The van der Waals surface area contributed by atoms with E-state index in [1.807, 2.05) is 19.9 Å². The third-order valence-electron chi connectivity index (χ3n) is 4.52. The molecule has 0 aromatic heterocycles. The van der Waals surface area contributed by atoms with Crippen molar-refractivity contribution in [3.8, 4) is 0 Å². The van der Waals surface area contributed by atoms with Crippen LogP contribution in [0.1, 0.15) is 55.1 Å². The van der Waals surface area contributed by atoms with E-state index in [1.54, 1.807) is 53.4 Å². The first-order valence-electron chi connectivity index (χ1n) is 9.91. The van der Waals surface area contributed by atoms with Crippen LogP contribution in [0.15, 0.2) is 59.7 Å². The normalized spacial score (nSPS) is 11.2. The molecule has 7 nitrogen and oxygen atoms in total. The van der Waals surface area contributed by atoms with Crippen LogP contribution in [0.25, 0.3) is 10.4 Å². The van der Waals surface area contributed by atoms with Crippen LogP contribution in [0.4, 0.5) is 5.69 Å². The molecule has 2 amide bonds. The summed E-state index contributed by atoms with van der Waals surface area (Å²) < 4.78 is 0. The second-order valence-corrected chi connectivity index (χ2v) is 6.66. The topological polar surface area (TPSA) is 98.2 Å². The summed E-state index contributed by atoms with van der Waals surface area (Å²) in [6, 6.07) is 14.9. The van der Waals surface area contributed by atoms with Gasteiger partial charge in [0.2, 0.25) is 5.91 Å². The maximum atomic E-state index is 13.3. The molecule has 0 fully saturated rings. The molecular weight excluding hydrogens is 366 g/mol. The third kappa shape index (κ3) is 5.83. The van der Waals surface area contributed by atoms with Gasteiger partial charge in [0, 0.05) is 29.3 Å². The minimum atomic E-state index is -0.888. The first kappa shape index (κ1) is 22.0. The Morgan fingerprint density at radius 1 is 1.07 bits per heavy atom. The molecule has 2 aromatic rings. The standard InChI is InChI=1S/C22H27N5O2/c1-3-5-15-24-21(28)20(18-13-9-10-14-19(18)25-26-23)27(16-4-2)22(29)17-11-7-6-8-12-17/h6-14,20H,3-5,15-16H2,1-2H3,(H,24,28). The van der Waals surface area contributed by atoms with E-state index in [4.69, 9.17) is 5.53 Å². The van der Waals surface area contributed by atoms with E-state index >= 15 is 0 Å². The largest absolute Gasteiger partial charge is 0.354 e. The lowest BCUT2D eigenvalue weighted by Gasteiger charge is -2.32. The first-order valence-corrected chi connectivity index (χ1v) is 9.91. The van der Waals surface area contributed by atoms with E-state index in [0.29, 0.717) is 36.3 Å². The number of azide groups is 1. The van der Waals surface area contributed by atoms with Crippen molar-refractivity contribution in [2.75, 3.05) is 13.1 Å². The molecule has 7 heteroatoms. The van der Waals surface area contributed by atoms with Crippen LogP contribution in [0, 0.1) is 0 Å². The summed E-state index contributed by atoms with van der Waals surface area (Å²) in [5.74, 6) is -0.518. The van der Waals surface area contributed by atoms with Crippen molar-refractivity contribution in [1.82, 2.24) is 10.2 Å². The maximum Gasteiger partial charge on any atom is 0.254 e. The van der Waals surface area contributed by atoms with Crippen molar-refractivity contribution >= 4 is 17.5 Å². The average Bonchev–Trinajstić information content (AvgIpc) is 2.75. The van der Waals surface area contributed by atoms with Crippen LogP contribution < -0.4 is 5.32 Å². The van der Waals surface area contributed by atoms with Gasteiger partial charge in [0.1, 0.15) is 6.04 Å². The number of nitrogens with zero attached hydrogens (tertiary/aromatic N) is 4. The molecule has 2 aromatic carbocycles. The average molecular weight is 393 g/mol. The zero-order valence-corrected chi connectivity index (χ0v) is 16.9. The fourth-order valence-corrected chi connectivity index (χ4v) is 3.13. The van der Waals surface area contributed by atoms with Crippen LogP contribution in [0.5, 0.6) is 0 Å². The van der Waals surface area contributed by atoms with Gasteiger partial charge >= 0.3 is 0 Å². The molecule has 1 N–H and O–H groups in total. The molecule has 1 unspecified atom stereocenters. The Bertz CT molecular complexity index is 863. The van der Waals surface area contributed by atoms with Gasteiger partial charge in [0.15, 0.2) is 0 Å². The Labute approximate surface area is 171 Å². The molecule has 0 aliphatic heterocycles. The molecule has 0 bridgehead atoms. The summed E-state index contributed by atoms with van der Waals surface area (Å²) in [6.45, 7) is 4.92. The Balaban J connectivity index is 2.52. The Kier molecular flexibility index (Phi) is 8.73. The van der Waals surface area contributed by atoms with E-state index in [2.05, 4.69) is 15.3 Å². The van der Waals surface area contributed by atoms with Crippen molar-refractivity contribution in [1.29, 1.82) is 0 Å². The van der Waals surface area contributed by atoms with Crippen LogP contribution in [-0.4, -0.2) is 29.8 Å². The highest BCUT2D eigenvalue weighted by Gasteiger charge is 2.32. The predicted octanol–water partition coefficient (Wildman–Crippen LogP) is 5.14. The fourth-order valence-electron chi connectivity index (χ4n) is 3.13. The van der Waals surface area contributed by atoms with Gasteiger partial charge in [-0.25, -0.2) is 0 Å². The molecule has 0 spiro atoms. The molecule has 0 radical (unpaired) electrons. The Hall–Kier alpha value is -3.31. The second kappa shape index (κ2) is 11.5. The maximum absolute atomic E-state index is 13.3. The van der Waals surface area contributed by atoms with E-state index in [9.17, 15) is 9.59 Å². The van der Waals surface area contributed by atoms with Crippen molar-refractivity contribution in [3.63, 3.8) is 0 Å². The molecule has 0 aliphatic rings. The molecule has 2 rings (SSSR count). The molecule has 1 atom stereocenters. The van der Waals surface area contributed by atoms with E-state index < -0.39 is 6.04 Å². The van der Waals surface area contributed by atoms with Crippen molar-refractivity contribution < 1.29 is 9.59 Å². The van der Waals surface area contributed by atoms with E-state index in [0.717, 1.165) is 12.8 Å². The molecule has 0 saturated heterocycles. The minimum Gasteiger partial charge on any atom is -0.354 e. The summed E-state index contributed by atoms with van der Waals surface area (Å²) in [4.78, 5) is 30.9. The predicted molar refractivity (Wildman–Crippen MR) is 114 cm³/mol. The number of benzene rings is 2. The minimum absolute atomic E-state index is 0.237. The van der Waals surface area contributed by atoms with Crippen LogP contribution in [0.2, 0.25) is 0 Å². The van der Waals surface area contributed by atoms with E-state index in [1.165, 1.54) is 0 Å². The number of hydrogen-bond donors (Lipinski definition) is 1. The number of carbonyl (C=O) groups excluding carboxylic acids is 2. The lowest BCUT2D eigenvalue weighted by Crippen LogP contribution is -2.44. The molecule has 0 heterocycles. The SMILES string of the molecule is CCCCNC(=O)C(c1ccccc1N=[N+]=[N-])N(CCC)C(=O)c1ccccc1. The molecular formula is C22H27N5O2. The van der Waals surface area contributed by atoms with E-state index in [-0.39, 0.29) is 11.8 Å². The highest BCUT2D eigenvalue weighted by Crippen LogP contribution is 2.31. The highest BCUT2D eigenvalue weighted by molar-refractivity contribution is 5.98. The zero-order valence-electron chi connectivity index (χ0n) is 16.9. The van der Waals surface area contributed by atoms with Crippen molar-refractivity contribution in [2.45, 2.75) is 39.2 Å². The smallest absolute Gasteiger partial charge is 0.254 e. The van der Waals surface area contributed by atoms with Crippen molar-refractivity contribution in [2.24, 2.45) is 5.11 Å². The fraction of sp³-hybridized carbons (Fsp3) is 0.364. The molecule has 0 aliphatic carbocycles. The van der Waals surface area contributed by atoms with Crippen LogP contribution in [0.3, 0.4) is 0 Å². The second-order valence-electron chi connectivity index (χ2n) is 6.66. The first-order chi connectivity index (χ1) is 14.1. The van der Waals surface area contributed by atoms with Gasteiger partial charge in [-0.15, -0.1) is 0 Å². The number of unbranched alkanes of at least 4 members (excludes halogenated alkanes) is 1. The number of hydrogen-bond acceptors (Lipinski definition) is 3. The van der Waals surface area contributed by atoms with Gasteiger partial charge in [0.05, 0.1) is 0 Å². The van der Waals surface area contributed by atoms with Gasteiger partial charge in [-0.1, -0.05) is 67.8 Å². The van der Waals surface area contributed by atoms with Gasteiger partial charge in [-0.05, 0) is 36.1 Å². The number of rotatable bonds is 10. The van der Waals surface area contributed by atoms with Gasteiger partial charge in [-0.2, -0.15) is 0 Å². The highest BCUT2D eigenvalue weighted by atomic mass is 16.2. The Morgan fingerprint density at radius 3 is 2.41 bits per heavy atom. The summed E-state index contributed by atoms with van der Waals surface area (Å²) >= 11 is 0. The van der Waals surface area contributed by atoms with Crippen molar-refractivity contribution in [3.05, 3.63) is 76.2 Å². The monoisotopic (exact) mass is 393 g/mol. The van der Waals surface area contributed by atoms with Gasteiger partial charge in [0.25, 0.3) is 5.91 Å². The lowest BCUT2D eigenvalue weighted by molar-refractivity contribution is -0.125. The summed E-state index contributed by atoms with van der Waals surface area (Å²) in [6.07, 6.45) is 2.47. The summed E-state index contributed by atoms with van der Waals surface area (Å²) in [7, 11) is 0. The number of nitrogens with one attached hydrogen (secondary N) is 1. The van der Waals surface area contributed by atoms with Gasteiger partial charge in [-0.3, -0.25) is 9.59 Å². The van der Waals surface area contributed by atoms with Crippen LogP contribution >= 0.6 is 0 Å². The van der Waals surface area contributed by atoms with Crippen LogP contribution in [-0.2, 0) is 4.79 Å². The summed E-state index contributed by atoms with van der Waals surface area (Å²) in [5.41, 5.74) is 10.3. The quantitative estimate of drug-likeness (QED) is 0.262. The lowest BCUT2D eigenvalue weighted by atomic mass is 10.0. The van der Waals surface area contributed by atoms with Gasteiger partial charge < -0.3 is 10.2 Å². The third-order valence-corrected chi connectivity index (χ3v) is 4.52. The molecule has 0 saturated carbocycles. The zero-order chi connectivity index (χ0) is 21.1. The Morgan fingerprint density at radius 2 is 1.76 bits per heavy atom. The number of amides is 2. The summed E-state index contributed by atoms with van der Waals surface area (Å²) in [5, 5.41) is 6.67. The molecule has 29 heavy (non-hydrogen) atoms.